The van der Waals surface area contributed by atoms with Crippen LogP contribution in [-0.4, -0.2) is 9.11 Å². The van der Waals surface area contributed by atoms with Gasteiger partial charge < -0.3 is 4.18 Å². The fraction of sp³-hybridized carbons (Fsp3) is 0.400. The Morgan fingerprint density at radius 3 is 2.53 bits per heavy atom. The van der Waals surface area contributed by atoms with E-state index in [1.165, 1.54) is 6.08 Å². The van der Waals surface area contributed by atoms with E-state index < -0.39 is 11.1 Å². The zero-order valence-corrected chi connectivity index (χ0v) is 10.2. The summed E-state index contributed by atoms with van der Waals surface area (Å²) in [5.74, 6) is 0.414. The topological polar surface area (TPSA) is 61.7 Å². The number of rotatable bonds is 2. The van der Waals surface area contributed by atoms with Crippen LogP contribution < -0.4 is 4.72 Å². The van der Waals surface area contributed by atoms with Crippen molar-refractivity contribution in [2.24, 2.45) is 0 Å². The Morgan fingerprint density at radius 1 is 1.47 bits per heavy atom. The monoisotopic (exact) mass is 233 g/mol. The van der Waals surface area contributed by atoms with Crippen LogP contribution in [0.5, 0.6) is 0 Å². The second kappa shape index (κ2) is 6.55. The summed E-state index contributed by atoms with van der Waals surface area (Å²) in [6.07, 6.45) is 5.71. The molecule has 0 aliphatic carbocycles. The molecule has 5 heteroatoms. The first kappa shape index (κ1) is 14.1. The largest absolute Gasteiger partial charge is 0.386 e. The van der Waals surface area contributed by atoms with Gasteiger partial charge in [-0.15, -0.1) is 0 Å². The minimum Gasteiger partial charge on any atom is -0.386 e. The Hall–Kier alpha value is -0.910. The van der Waals surface area contributed by atoms with Gasteiger partial charge in [0.25, 0.3) is 0 Å². The molecule has 0 aromatic heterocycles. The van der Waals surface area contributed by atoms with Crippen molar-refractivity contribution in [1.82, 2.24) is 4.72 Å². The maximum Gasteiger partial charge on any atom is 0.228 e. The minimum atomic E-state index is -3.12. The molecule has 3 N–H and O–H groups in total. The predicted octanol–water partition coefficient (Wildman–Crippen LogP) is 3.58. The molecule has 4 nitrogen and oxygen atoms in total. The van der Waals surface area contributed by atoms with Crippen LogP contribution >= 0.6 is 11.1 Å². The van der Waals surface area contributed by atoms with Crippen molar-refractivity contribution in [3.8, 4) is 0 Å². The first-order valence-electron chi connectivity index (χ1n) is 4.87. The Kier molecular flexibility index (Phi) is 6.15. The first-order valence-corrected chi connectivity index (χ1v) is 6.35. The first-order chi connectivity index (χ1) is 7.09. The van der Waals surface area contributed by atoms with E-state index in [0.29, 0.717) is 11.5 Å². The molecule has 0 bridgehead atoms. The normalized spacial score (nSPS) is 24.9. The third-order valence-corrected chi connectivity index (χ3v) is 2.29. The Labute approximate surface area is 93.0 Å². The molecule has 0 saturated carbocycles. The lowest BCUT2D eigenvalue weighted by atomic mass is 10.3. The lowest BCUT2D eigenvalue weighted by Crippen LogP contribution is -2.10. The summed E-state index contributed by atoms with van der Waals surface area (Å²) < 4.78 is 25.7. The number of hydrogen-bond donors (Lipinski definition) is 3. The molecule has 1 aliphatic heterocycles. The summed E-state index contributed by atoms with van der Waals surface area (Å²) >= 11 is -3.12. The fourth-order valence-electron chi connectivity index (χ4n) is 0.955. The second-order valence-corrected chi connectivity index (χ2v) is 3.84. The van der Waals surface area contributed by atoms with Gasteiger partial charge in [-0.05, 0) is 12.5 Å². The number of hydrogen-bond acceptors (Lipinski definition) is 4. The molecule has 0 atom stereocenters. The van der Waals surface area contributed by atoms with Crippen LogP contribution in [0.1, 0.15) is 27.2 Å². The number of nitrogens with one attached hydrogen (secondary N) is 1. The van der Waals surface area contributed by atoms with Gasteiger partial charge in [0.15, 0.2) is 5.76 Å². The van der Waals surface area contributed by atoms with Gasteiger partial charge in [0.05, 0.1) is 5.70 Å². The molecule has 0 spiro atoms. The minimum absolute atomic E-state index is 0.414. The van der Waals surface area contributed by atoms with Crippen LogP contribution in [0.15, 0.2) is 36.3 Å². The van der Waals surface area contributed by atoms with E-state index >= 15 is 0 Å². The van der Waals surface area contributed by atoms with E-state index in [1.807, 2.05) is 26.8 Å². The Morgan fingerprint density at radius 2 is 2.07 bits per heavy atom. The zero-order valence-electron chi connectivity index (χ0n) is 9.36. The summed E-state index contributed by atoms with van der Waals surface area (Å²) in [6.45, 7) is 9.45. The zero-order chi connectivity index (χ0) is 11.9. The average Bonchev–Trinajstić information content (AvgIpc) is 2.46. The molecule has 0 aromatic carbocycles. The predicted molar refractivity (Wildman–Crippen MR) is 65.1 cm³/mol. The van der Waals surface area contributed by atoms with Crippen LogP contribution in [-0.2, 0) is 4.18 Å². The van der Waals surface area contributed by atoms with Crippen LogP contribution in [0.2, 0.25) is 0 Å². The highest BCUT2D eigenvalue weighted by atomic mass is 32.3. The fourth-order valence-corrected chi connectivity index (χ4v) is 1.86. The molecule has 0 amide bonds. The smallest absolute Gasteiger partial charge is 0.228 e. The van der Waals surface area contributed by atoms with E-state index in [1.54, 1.807) is 6.08 Å². The van der Waals surface area contributed by atoms with Crippen LogP contribution in [0, 0.1) is 0 Å². The molecular formula is C10H19NO3S. The molecule has 1 saturated heterocycles. The molecule has 0 radical (unpaired) electrons. The van der Waals surface area contributed by atoms with Gasteiger partial charge in [-0.3, -0.25) is 13.8 Å². The van der Waals surface area contributed by atoms with E-state index in [4.69, 9.17) is 4.18 Å². The highest BCUT2D eigenvalue weighted by Crippen LogP contribution is 2.47. The average molecular weight is 233 g/mol. The lowest BCUT2D eigenvalue weighted by Gasteiger charge is -2.17. The lowest BCUT2D eigenvalue weighted by molar-refractivity contribution is 0.348. The van der Waals surface area contributed by atoms with Crippen molar-refractivity contribution in [2.45, 2.75) is 27.2 Å². The molecule has 0 unspecified atom stereocenters. The van der Waals surface area contributed by atoms with E-state index in [9.17, 15) is 9.11 Å². The quantitative estimate of drug-likeness (QED) is 0.682. The third kappa shape index (κ3) is 4.42. The molecule has 1 aliphatic rings. The van der Waals surface area contributed by atoms with Crippen molar-refractivity contribution in [2.75, 3.05) is 0 Å². The summed E-state index contributed by atoms with van der Waals surface area (Å²) in [5, 5.41) is 0. The molecule has 15 heavy (non-hydrogen) atoms. The van der Waals surface area contributed by atoms with Gasteiger partial charge in [0.1, 0.15) is 0 Å². The van der Waals surface area contributed by atoms with Gasteiger partial charge in [0, 0.05) is 0 Å². The summed E-state index contributed by atoms with van der Waals surface area (Å²) in [4.78, 5) is 0. The van der Waals surface area contributed by atoms with Crippen molar-refractivity contribution in [3.05, 3.63) is 36.3 Å². The van der Waals surface area contributed by atoms with Crippen LogP contribution in [0.4, 0.5) is 0 Å². The Balaban J connectivity index is 0.000000921. The van der Waals surface area contributed by atoms with Crippen LogP contribution in [0.3, 0.4) is 0 Å². The highest BCUT2D eigenvalue weighted by molar-refractivity contribution is 8.18. The molecule has 0 aromatic rings. The van der Waals surface area contributed by atoms with Gasteiger partial charge >= 0.3 is 0 Å². The van der Waals surface area contributed by atoms with E-state index in [2.05, 4.69) is 11.3 Å². The van der Waals surface area contributed by atoms with Crippen molar-refractivity contribution in [3.63, 3.8) is 0 Å². The van der Waals surface area contributed by atoms with Crippen molar-refractivity contribution >= 4 is 11.1 Å². The van der Waals surface area contributed by atoms with Gasteiger partial charge in [-0.2, -0.15) is 0 Å². The van der Waals surface area contributed by atoms with Gasteiger partial charge in [-0.1, -0.05) is 39.5 Å². The van der Waals surface area contributed by atoms with Gasteiger partial charge in [0.2, 0.25) is 11.1 Å². The maximum atomic E-state index is 9.18. The van der Waals surface area contributed by atoms with E-state index in [0.717, 1.165) is 6.42 Å². The maximum absolute atomic E-state index is 9.18. The molecule has 1 fully saturated rings. The third-order valence-electron chi connectivity index (χ3n) is 1.39. The molecule has 1 heterocycles. The van der Waals surface area contributed by atoms with Gasteiger partial charge in [-0.25, -0.2) is 0 Å². The van der Waals surface area contributed by atoms with E-state index in [-0.39, 0.29) is 0 Å². The van der Waals surface area contributed by atoms with Crippen molar-refractivity contribution in [1.29, 1.82) is 0 Å². The second-order valence-electron chi connectivity index (χ2n) is 2.47. The number of allylic oxidation sites excluding steroid dienone is 3. The molecular weight excluding hydrogens is 214 g/mol. The molecule has 88 valence electrons. The summed E-state index contributed by atoms with van der Waals surface area (Å²) in [6, 6.07) is 0. The SMILES string of the molecule is C=C/C=C1/OS(O)(O)N/C1=C/CC.CC. The molecule has 1 rings (SSSR count). The standard InChI is InChI=1S/C8H13NO3S.C2H6/c1-3-5-7-8(6-4-2)12-13(10,11)9-7;1-2/h4-6,9-11H,2-3H2,1H3;1-2H3/b7-5+,8-6+;. The van der Waals surface area contributed by atoms with Crippen molar-refractivity contribution < 1.29 is 13.3 Å². The Bertz CT molecular complexity index is 272. The summed E-state index contributed by atoms with van der Waals surface area (Å²) in [5.41, 5.74) is 0.599. The summed E-state index contributed by atoms with van der Waals surface area (Å²) in [7, 11) is 0. The van der Waals surface area contributed by atoms with Crippen LogP contribution in [0.25, 0.3) is 0 Å². The highest BCUT2D eigenvalue weighted by Gasteiger charge is 2.31.